The van der Waals surface area contributed by atoms with Crippen LogP contribution in [0.5, 0.6) is 5.75 Å². The van der Waals surface area contributed by atoms with Gasteiger partial charge in [-0.15, -0.1) is 0 Å². The van der Waals surface area contributed by atoms with Crippen molar-refractivity contribution in [2.45, 2.75) is 20.0 Å². The third-order valence-electron chi connectivity index (χ3n) is 2.53. The van der Waals surface area contributed by atoms with Crippen LogP contribution in [0.15, 0.2) is 48.5 Å². The van der Waals surface area contributed by atoms with E-state index in [1.807, 2.05) is 50.2 Å². The summed E-state index contributed by atoms with van der Waals surface area (Å²) in [5.41, 5.74) is 2.60. The van der Waals surface area contributed by atoms with Gasteiger partial charge in [-0.1, -0.05) is 0 Å². The molecule has 0 aliphatic carbocycles. The van der Waals surface area contributed by atoms with Crippen LogP contribution in [-0.4, -0.2) is 6.10 Å². The summed E-state index contributed by atoms with van der Waals surface area (Å²) in [5.74, 6) is 0.861. The van der Waals surface area contributed by atoms with Gasteiger partial charge in [0.2, 0.25) is 0 Å². The van der Waals surface area contributed by atoms with Crippen LogP contribution in [0.1, 0.15) is 19.4 Å². The molecule has 0 saturated heterocycles. The van der Waals surface area contributed by atoms with Crippen LogP contribution in [0.3, 0.4) is 0 Å². The Labute approximate surface area is 113 Å². The third-order valence-corrected chi connectivity index (χ3v) is 2.53. The van der Waals surface area contributed by atoms with Crippen molar-refractivity contribution >= 4 is 11.4 Å². The highest BCUT2D eigenvalue weighted by atomic mass is 16.5. The molecule has 3 nitrogen and oxygen atoms in total. The first-order valence-electron chi connectivity index (χ1n) is 6.21. The number of nitrogens with zero attached hydrogens (tertiary/aromatic N) is 1. The van der Waals surface area contributed by atoms with Crippen molar-refractivity contribution in [3.05, 3.63) is 54.1 Å². The van der Waals surface area contributed by atoms with Gasteiger partial charge in [0.1, 0.15) is 5.75 Å². The zero-order valence-electron chi connectivity index (χ0n) is 11.1. The van der Waals surface area contributed by atoms with Crippen LogP contribution in [0.25, 0.3) is 0 Å². The quantitative estimate of drug-likeness (QED) is 0.891. The molecule has 0 heterocycles. The number of nitriles is 1. The van der Waals surface area contributed by atoms with Crippen LogP contribution >= 0.6 is 0 Å². The number of nitrogens with one attached hydrogen (secondary N) is 1. The molecule has 0 saturated carbocycles. The molecule has 19 heavy (non-hydrogen) atoms. The highest BCUT2D eigenvalue weighted by molar-refractivity contribution is 5.61. The van der Waals surface area contributed by atoms with Gasteiger partial charge in [0.15, 0.2) is 0 Å². The smallest absolute Gasteiger partial charge is 0.119 e. The molecule has 0 atom stereocenters. The molecular weight excluding hydrogens is 236 g/mol. The third kappa shape index (κ3) is 3.75. The Morgan fingerprint density at radius 3 is 1.95 bits per heavy atom. The molecule has 1 N–H and O–H groups in total. The number of ether oxygens (including phenoxy) is 1. The first-order chi connectivity index (χ1) is 9.17. The molecule has 0 fully saturated rings. The molecule has 0 bridgehead atoms. The summed E-state index contributed by atoms with van der Waals surface area (Å²) in [4.78, 5) is 0. The van der Waals surface area contributed by atoms with Crippen molar-refractivity contribution in [2.75, 3.05) is 5.32 Å². The highest BCUT2D eigenvalue weighted by Crippen LogP contribution is 2.20. The van der Waals surface area contributed by atoms with E-state index < -0.39 is 0 Å². The predicted octanol–water partition coefficient (Wildman–Crippen LogP) is 4.09. The van der Waals surface area contributed by atoms with E-state index in [1.54, 1.807) is 12.1 Å². The average Bonchev–Trinajstić information content (AvgIpc) is 2.41. The van der Waals surface area contributed by atoms with Gasteiger partial charge in [-0.2, -0.15) is 5.26 Å². The molecule has 2 aromatic rings. The fourth-order valence-electron chi connectivity index (χ4n) is 1.68. The lowest BCUT2D eigenvalue weighted by Crippen LogP contribution is -2.05. The van der Waals surface area contributed by atoms with Gasteiger partial charge in [-0.05, 0) is 62.4 Å². The van der Waals surface area contributed by atoms with Gasteiger partial charge < -0.3 is 10.1 Å². The maximum Gasteiger partial charge on any atom is 0.119 e. The van der Waals surface area contributed by atoms with Crippen molar-refractivity contribution in [2.24, 2.45) is 0 Å². The second-order valence-corrected chi connectivity index (χ2v) is 4.51. The summed E-state index contributed by atoms with van der Waals surface area (Å²) in [6.45, 7) is 4.01. The Morgan fingerprint density at radius 1 is 0.947 bits per heavy atom. The standard InChI is InChI=1S/C16H16N2O/c1-12(2)19-16-9-7-15(8-10-16)18-14-5-3-13(11-17)4-6-14/h3-10,12,18H,1-2H3. The van der Waals surface area contributed by atoms with E-state index in [0.717, 1.165) is 17.1 Å². The van der Waals surface area contributed by atoms with E-state index in [-0.39, 0.29) is 6.10 Å². The Morgan fingerprint density at radius 2 is 1.47 bits per heavy atom. The first-order valence-corrected chi connectivity index (χ1v) is 6.21. The summed E-state index contributed by atoms with van der Waals surface area (Å²) in [6, 6.07) is 17.3. The molecule has 2 rings (SSSR count). The van der Waals surface area contributed by atoms with Crippen LogP contribution in [-0.2, 0) is 0 Å². The number of hydrogen-bond acceptors (Lipinski definition) is 3. The maximum absolute atomic E-state index is 8.74. The Bertz CT molecular complexity index is 565. The minimum absolute atomic E-state index is 0.178. The number of benzene rings is 2. The summed E-state index contributed by atoms with van der Waals surface area (Å²) in [6.07, 6.45) is 0.178. The SMILES string of the molecule is CC(C)Oc1ccc(Nc2ccc(C#N)cc2)cc1. The van der Waals surface area contributed by atoms with Crippen molar-refractivity contribution in [1.82, 2.24) is 0 Å². The summed E-state index contributed by atoms with van der Waals surface area (Å²) >= 11 is 0. The summed E-state index contributed by atoms with van der Waals surface area (Å²) < 4.78 is 5.59. The van der Waals surface area contributed by atoms with E-state index in [4.69, 9.17) is 10.00 Å². The van der Waals surface area contributed by atoms with Crippen LogP contribution in [0, 0.1) is 11.3 Å². The zero-order valence-corrected chi connectivity index (χ0v) is 11.1. The molecule has 2 aromatic carbocycles. The molecule has 0 unspecified atom stereocenters. The Kier molecular flexibility index (Phi) is 4.04. The van der Waals surface area contributed by atoms with Gasteiger partial charge in [0.25, 0.3) is 0 Å². The zero-order chi connectivity index (χ0) is 13.7. The number of hydrogen-bond donors (Lipinski definition) is 1. The summed E-state index contributed by atoms with van der Waals surface area (Å²) in [5, 5.41) is 12.0. The lowest BCUT2D eigenvalue weighted by atomic mass is 10.2. The average molecular weight is 252 g/mol. The normalized spacial score (nSPS) is 10.0. The minimum atomic E-state index is 0.178. The Balaban J connectivity index is 2.04. The van der Waals surface area contributed by atoms with E-state index in [9.17, 15) is 0 Å². The van der Waals surface area contributed by atoms with E-state index in [2.05, 4.69) is 11.4 Å². The van der Waals surface area contributed by atoms with Crippen LogP contribution in [0.2, 0.25) is 0 Å². The largest absolute Gasteiger partial charge is 0.491 e. The number of anilines is 2. The molecule has 0 aromatic heterocycles. The van der Waals surface area contributed by atoms with Crippen molar-refractivity contribution in [3.8, 4) is 11.8 Å². The molecule has 0 amide bonds. The van der Waals surface area contributed by atoms with Crippen LogP contribution < -0.4 is 10.1 Å². The minimum Gasteiger partial charge on any atom is -0.491 e. The highest BCUT2D eigenvalue weighted by Gasteiger charge is 1.99. The second-order valence-electron chi connectivity index (χ2n) is 4.51. The fraction of sp³-hybridized carbons (Fsp3) is 0.188. The van der Waals surface area contributed by atoms with E-state index >= 15 is 0 Å². The van der Waals surface area contributed by atoms with E-state index in [0.29, 0.717) is 5.56 Å². The van der Waals surface area contributed by atoms with Gasteiger partial charge in [-0.25, -0.2) is 0 Å². The molecule has 3 heteroatoms. The molecule has 0 radical (unpaired) electrons. The second kappa shape index (κ2) is 5.92. The lowest BCUT2D eigenvalue weighted by molar-refractivity contribution is 0.242. The van der Waals surface area contributed by atoms with Gasteiger partial charge >= 0.3 is 0 Å². The van der Waals surface area contributed by atoms with Crippen molar-refractivity contribution < 1.29 is 4.74 Å². The van der Waals surface area contributed by atoms with Crippen molar-refractivity contribution in [3.63, 3.8) is 0 Å². The fourth-order valence-corrected chi connectivity index (χ4v) is 1.68. The maximum atomic E-state index is 8.74. The monoisotopic (exact) mass is 252 g/mol. The molecular formula is C16H16N2O. The Hall–Kier alpha value is -2.47. The van der Waals surface area contributed by atoms with Crippen molar-refractivity contribution in [1.29, 1.82) is 5.26 Å². The van der Waals surface area contributed by atoms with E-state index in [1.165, 1.54) is 0 Å². The number of rotatable bonds is 4. The topological polar surface area (TPSA) is 45.0 Å². The summed E-state index contributed by atoms with van der Waals surface area (Å²) in [7, 11) is 0. The lowest BCUT2D eigenvalue weighted by Gasteiger charge is -2.11. The first kappa shape index (κ1) is 13.0. The molecule has 0 aliphatic rings. The molecule has 0 spiro atoms. The molecule has 0 aliphatic heterocycles. The predicted molar refractivity (Wildman–Crippen MR) is 76.6 cm³/mol. The van der Waals surface area contributed by atoms with Gasteiger partial charge in [0.05, 0.1) is 17.7 Å². The molecule has 96 valence electrons. The van der Waals surface area contributed by atoms with Gasteiger partial charge in [-0.3, -0.25) is 0 Å². The van der Waals surface area contributed by atoms with Gasteiger partial charge in [0, 0.05) is 11.4 Å². The van der Waals surface area contributed by atoms with Crippen LogP contribution in [0.4, 0.5) is 11.4 Å².